The van der Waals surface area contributed by atoms with Gasteiger partial charge in [-0.25, -0.2) is 4.18 Å². The van der Waals surface area contributed by atoms with Crippen molar-refractivity contribution in [3.63, 3.8) is 0 Å². The Bertz CT molecular complexity index is 483. The van der Waals surface area contributed by atoms with E-state index in [1.807, 2.05) is 0 Å². The van der Waals surface area contributed by atoms with Crippen LogP contribution in [0.2, 0.25) is 0 Å². The SMILES string of the molecule is O=S(=O)(O)O[C@@H]([C@H](O)[C@H](O)CO)[C@@H](O)CC1C[C@@H](O)[C@H](O)[C@H]1CO. The highest BCUT2D eigenvalue weighted by Gasteiger charge is 2.44. The van der Waals surface area contributed by atoms with E-state index in [0.29, 0.717) is 0 Å². The van der Waals surface area contributed by atoms with Crippen LogP contribution in [0.4, 0.5) is 0 Å². The molecule has 1 fully saturated rings. The van der Waals surface area contributed by atoms with Crippen molar-refractivity contribution in [1.29, 1.82) is 0 Å². The van der Waals surface area contributed by atoms with Gasteiger partial charge >= 0.3 is 10.4 Å². The summed E-state index contributed by atoms with van der Waals surface area (Å²) in [6, 6.07) is 0. The van der Waals surface area contributed by atoms with E-state index in [-0.39, 0.29) is 12.8 Å². The first-order valence-corrected chi connectivity index (χ1v) is 8.66. The van der Waals surface area contributed by atoms with Gasteiger partial charge in [-0.2, -0.15) is 8.42 Å². The van der Waals surface area contributed by atoms with E-state index in [1.54, 1.807) is 0 Å². The van der Waals surface area contributed by atoms with E-state index in [0.717, 1.165) is 0 Å². The third-order valence-electron chi connectivity index (χ3n) is 4.27. The molecule has 1 aliphatic rings. The molecule has 0 aromatic heterocycles. The molecule has 0 spiro atoms. The molecule has 144 valence electrons. The molecule has 0 saturated heterocycles. The Labute approximate surface area is 138 Å². The van der Waals surface area contributed by atoms with Crippen molar-refractivity contribution in [2.75, 3.05) is 13.2 Å². The van der Waals surface area contributed by atoms with Crippen LogP contribution in [0.3, 0.4) is 0 Å². The molecule has 11 nitrogen and oxygen atoms in total. The zero-order chi connectivity index (χ0) is 18.7. The minimum atomic E-state index is -5.09. The van der Waals surface area contributed by atoms with Crippen molar-refractivity contribution < 1.29 is 52.9 Å². The number of aliphatic hydroxyl groups excluding tert-OH is 7. The van der Waals surface area contributed by atoms with Crippen molar-refractivity contribution in [3.8, 4) is 0 Å². The second-order valence-corrected chi connectivity index (χ2v) is 6.98. The lowest BCUT2D eigenvalue weighted by Gasteiger charge is -2.30. The summed E-state index contributed by atoms with van der Waals surface area (Å²) >= 11 is 0. The van der Waals surface area contributed by atoms with Gasteiger partial charge in [0.15, 0.2) is 0 Å². The molecule has 1 rings (SSSR count). The second-order valence-electron chi connectivity index (χ2n) is 5.93. The van der Waals surface area contributed by atoms with Gasteiger partial charge in [0.25, 0.3) is 0 Å². The molecule has 0 bridgehead atoms. The van der Waals surface area contributed by atoms with Crippen LogP contribution >= 0.6 is 0 Å². The first-order valence-electron chi connectivity index (χ1n) is 7.29. The van der Waals surface area contributed by atoms with Crippen molar-refractivity contribution in [3.05, 3.63) is 0 Å². The summed E-state index contributed by atoms with van der Waals surface area (Å²) in [6.07, 6.45) is -10.3. The lowest BCUT2D eigenvalue weighted by Crippen LogP contribution is -2.49. The number of aliphatic hydroxyl groups is 7. The van der Waals surface area contributed by atoms with E-state index in [1.165, 1.54) is 0 Å². The average molecular weight is 376 g/mol. The Morgan fingerprint density at radius 1 is 1.08 bits per heavy atom. The monoisotopic (exact) mass is 376 g/mol. The largest absolute Gasteiger partial charge is 0.397 e. The Morgan fingerprint density at radius 3 is 2.12 bits per heavy atom. The summed E-state index contributed by atoms with van der Waals surface area (Å²) in [4.78, 5) is 0. The lowest BCUT2D eigenvalue weighted by molar-refractivity contribution is -0.110. The zero-order valence-corrected chi connectivity index (χ0v) is 13.5. The maximum absolute atomic E-state index is 10.9. The second kappa shape index (κ2) is 8.80. The number of hydrogen-bond acceptors (Lipinski definition) is 10. The lowest BCUT2D eigenvalue weighted by atomic mass is 9.87. The maximum Gasteiger partial charge on any atom is 0.397 e. The summed E-state index contributed by atoms with van der Waals surface area (Å²) in [5, 5.41) is 66.7. The molecule has 1 unspecified atom stereocenters. The first-order chi connectivity index (χ1) is 11.0. The summed E-state index contributed by atoms with van der Waals surface area (Å²) in [7, 11) is -5.09. The van der Waals surface area contributed by atoms with Crippen LogP contribution in [-0.2, 0) is 14.6 Å². The molecule has 24 heavy (non-hydrogen) atoms. The van der Waals surface area contributed by atoms with Gasteiger partial charge in [-0.3, -0.25) is 4.55 Å². The van der Waals surface area contributed by atoms with Crippen LogP contribution in [-0.4, -0.2) is 98.6 Å². The predicted molar refractivity (Wildman–Crippen MR) is 76.8 cm³/mol. The molecule has 0 aliphatic heterocycles. The summed E-state index contributed by atoms with van der Waals surface area (Å²) in [5.74, 6) is -1.43. The zero-order valence-electron chi connectivity index (χ0n) is 12.7. The van der Waals surface area contributed by atoms with Gasteiger partial charge in [0.1, 0.15) is 18.3 Å². The van der Waals surface area contributed by atoms with Crippen molar-refractivity contribution in [2.45, 2.75) is 49.5 Å². The Hall–Kier alpha value is -0.410. The molecule has 0 amide bonds. The molecule has 0 aromatic rings. The highest BCUT2D eigenvalue weighted by Crippen LogP contribution is 2.36. The van der Waals surface area contributed by atoms with Gasteiger partial charge in [-0.05, 0) is 18.8 Å². The average Bonchev–Trinajstić information content (AvgIpc) is 2.76. The van der Waals surface area contributed by atoms with Crippen LogP contribution in [0, 0.1) is 11.8 Å². The molecule has 0 heterocycles. The molecular formula is C12H24O11S. The van der Waals surface area contributed by atoms with Crippen molar-refractivity contribution in [1.82, 2.24) is 0 Å². The van der Waals surface area contributed by atoms with Gasteiger partial charge in [0, 0.05) is 12.5 Å². The highest BCUT2D eigenvalue weighted by molar-refractivity contribution is 7.80. The fraction of sp³-hybridized carbons (Fsp3) is 1.00. The normalized spacial score (nSPS) is 33.2. The first kappa shape index (κ1) is 21.6. The van der Waals surface area contributed by atoms with E-state index >= 15 is 0 Å². The van der Waals surface area contributed by atoms with Crippen molar-refractivity contribution >= 4 is 10.4 Å². The Balaban J connectivity index is 2.89. The third kappa shape index (κ3) is 5.56. The number of hydrogen-bond donors (Lipinski definition) is 8. The maximum atomic E-state index is 10.9. The standard InChI is InChI=1S/C12H24O11S/c13-3-6-5(1-7(15)10(6)18)2-8(16)12(23-24(20,21)22)11(19)9(17)4-14/h5-19H,1-4H2,(H,20,21,22)/t5?,6-,7+,8-,9+,10+,11+,12+/m0/s1. The van der Waals surface area contributed by atoms with E-state index in [4.69, 9.17) is 9.66 Å². The fourth-order valence-electron chi connectivity index (χ4n) is 2.98. The van der Waals surface area contributed by atoms with Gasteiger partial charge in [0.05, 0.1) is 24.9 Å². The van der Waals surface area contributed by atoms with E-state index in [2.05, 4.69) is 4.18 Å². The topological polar surface area (TPSA) is 205 Å². The molecular weight excluding hydrogens is 352 g/mol. The van der Waals surface area contributed by atoms with Crippen LogP contribution in [0.15, 0.2) is 0 Å². The van der Waals surface area contributed by atoms with Gasteiger partial charge in [-0.1, -0.05) is 0 Å². The molecule has 1 aliphatic carbocycles. The molecule has 0 radical (unpaired) electrons. The minimum Gasteiger partial charge on any atom is -0.396 e. The quantitative estimate of drug-likeness (QED) is 0.182. The van der Waals surface area contributed by atoms with Crippen molar-refractivity contribution in [2.24, 2.45) is 11.8 Å². The smallest absolute Gasteiger partial charge is 0.396 e. The van der Waals surface area contributed by atoms with Gasteiger partial charge in [-0.15, -0.1) is 0 Å². The molecule has 8 atom stereocenters. The Morgan fingerprint density at radius 2 is 1.67 bits per heavy atom. The van der Waals surface area contributed by atoms with Crippen LogP contribution in [0.5, 0.6) is 0 Å². The van der Waals surface area contributed by atoms with Gasteiger partial charge in [0.2, 0.25) is 0 Å². The van der Waals surface area contributed by atoms with E-state index in [9.17, 15) is 39.1 Å². The van der Waals surface area contributed by atoms with Crippen LogP contribution in [0.25, 0.3) is 0 Å². The fourth-order valence-corrected chi connectivity index (χ4v) is 3.50. The number of rotatable bonds is 9. The molecule has 12 heteroatoms. The summed E-state index contributed by atoms with van der Waals surface area (Å²) in [5.41, 5.74) is 0. The van der Waals surface area contributed by atoms with Gasteiger partial charge < -0.3 is 35.7 Å². The van der Waals surface area contributed by atoms with Crippen LogP contribution < -0.4 is 0 Å². The molecule has 0 aromatic carbocycles. The minimum absolute atomic E-state index is 0.000692. The highest BCUT2D eigenvalue weighted by atomic mass is 32.3. The molecule has 8 N–H and O–H groups in total. The van der Waals surface area contributed by atoms with E-state index < -0.39 is 72.1 Å². The van der Waals surface area contributed by atoms with Crippen LogP contribution in [0.1, 0.15) is 12.8 Å². The molecule has 1 saturated carbocycles. The third-order valence-corrected chi connectivity index (χ3v) is 4.73. The Kier molecular flexibility index (Phi) is 7.93. The predicted octanol–water partition coefficient (Wildman–Crippen LogP) is -4.01. The summed E-state index contributed by atoms with van der Waals surface area (Å²) < 4.78 is 34.7. The summed E-state index contributed by atoms with van der Waals surface area (Å²) in [6.45, 7) is -1.46.